The summed E-state index contributed by atoms with van der Waals surface area (Å²) in [5, 5.41) is 5.81. The third kappa shape index (κ3) is 2.63. The highest BCUT2D eigenvalue weighted by Gasteiger charge is 2.28. The van der Waals surface area contributed by atoms with Gasteiger partial charge in [-0.2, -0.15) is 0 Å². The molecule has 1 N–H and O–H groups in total. The average Bonchev–Trinajstić information content (AvgIpc) is 2.71. The highest BCUT2D eigenvalue weighted by Crippen LogP contribution is 2.27. The molecule has 0 spiro atoms. The molecule has 2 unspecified atom stereocenters. The predicted molar refractivity (Wildman–Crippen MR) is 70.0 cm³/mol. The van der Waals surface area contributed by atoms with Crippen molar-refractivity contribution in [3.05, 3.63) is 22.4 Å². The van der Waals surface area contributed by atoms with Crippen LogP contribution in [0.3, 0.4) is 0 Å². The summed E-state index contributed by atoms with van der Waals surface area (Å²) in [7, 11) is 6.54. The number of thiophene rings is 1. The highest BCUT2D eigenvalue weighted by atomic mass is 32.1. The third-order valence-corrected chi connectivity index (χ3v) is 4.12. The van der Waals surface area contributed by atoms with Gasteiger partial charge in [-0.15, -0.1) is 11.3 Å². The van der Waals surface area contributed by atoms with Gasteiger partial charge in [0.15, 0.2) is 0 Å². The molecule has 1 aliphatic heterocycles. The van der Waals surface area contributed by atoms with Gasteiger partial charge in [0.05, 0.1) is 6.04 Å². The molecule has 1 fully saturated rings. The summed E-state index contributed by atoms with van der Waals surface area (Å²) >= 11 is 1.85. The lowest BCUT2D eigenvalue weighted by atomic mass is 10.0. The van der Waals surface area contributed by atoms with Crippen molar-refractivity contribution in [3.63, 3.8) is 0 Å². The summed E-state index contributed by atoms with van der Waals surface area (Å²) in [6.07, 6.45) is 0. The van der Waals surface area contributed by atoms with E-state index in [9.17, 15) is 0 Å². The van der Waals surface area contributed by atoms with Crippen molar-refractivity contribution in [1.29, 1.82) is 0 Å². The molecule has 2 atom stereocenters. The van der Waals surface area contributed by atoms with E-state index in [1.54, 1.807) is 0 Å². The van der Waals surface area contributed by atoms with Crippen LogP contribution < -0.4 is 5.32 Å². The summed E-state index contributed by atoms with van der Waals surface area (Å²) in [5.74, 6) is 0. The Kier molecular flexibility index (Phi) is 3.97. The number of nitrogens with one attached hydrogen (secondary N) is 1. The first-order valence-corrected chi connectivity index (χ1v) is 6.68. The zero-order valence-corrected chi connectivity index (χ0v) is 11.1. The molecule has 3 nitrogen and oxygen atoms in total. The minimum absolute atomic E-state index is 0.489. The lowest BCUT2D eigenvalue weighted by Crippen LogP contribution is -2.54. The third-order valence-electron chi connectivity index (χ3n) is 3.18. The summed E-state index contributed by atoms with van der Waals surface area (Å²) in [6, 6.07) is 5.41. The largest absolute Gasteiger partial charge is 0.310 e. The second-order valence-corrected chi connectivity index (χ2v) is 5.73. The molecule has 0 radical (unpaired) electrons. The number of likely N-dealkylation sites (N-methyl/N-ethyl adjacent to an activating group) is 2. The van der Waals surface area contributed by atoms with Crippen molar-refractivity contribution in [2.45, 2.75) is 12.1 Å². The zero-order chi connectivity index (χ0) is 11.5. The average molecular weight is 239 g/mol. The minimum Gasteiger partial charge on any atom is -0.310 e. The van der Waals surface area contributed by atoms with Gasteiger partial charge in [-0.1, -0.05) is 6.07 Å². The molecule has 1 aromatic heterocycles. The lowest BCUT2D eigenvalue weighted by Gasteiger charge is -2.38. The fourth-order valence-corrected chi connectivity index (χ4v) is 3.40. The second kappa shape index (κ2) is 5.27. The van der Waals surface area contributed by atoms with E-state index in [0.29, 0.717) is 12.1 Å². The Morgan fingerprint density at radius 1 is 1.56 bits per heavy atom. The van der Waals surface area contributed by atoms with Crippen molar-refractivity contribution in [2.24, 2.45) is 0 Å². The van der Waals surface area contributed by atoms with Crippen LogP contribution in [0.1, 0.15) is 10.9 Å². The Bertz CT molecular complexity index is 310. The minimum atomic E-state index is 0.489. The Hall–Kier alpha value is -0.420. The Labute approximate surface area is 102 Å². The van der Waals surface area contributed by atoms with Gasteiger partial charge in [0, 0.05) is 30.6 Å². The molecule has 2 rings (SSSR count). The number of hydrogen-bond acceptors (Lipinski definition) is 4. The van der Waals surface area contributed by atoms with Crippen LogP contribution in [-0.4, -0.2) is 56.6 Å². The van der Waals surface area contributed by atoms with E-state index < -0.39 is 0 Å². The maximum Gasteiger partial charge on any atom is 0.0603 e. The highest BCUT2D eigenvalue weighted by molar-refractivity contribution is 7.10. The van der Waals surface area contributed by atoms with Crippen molar-refractivity contribution < 1.29 is 0 Å². The van der Waals surface area contributed by atoms with Crippen LogP contribution in [-0.2, 0) is 0 Å². The van der Waals surface area contributed by atoms with Crippen molar-refractivity contribution in [1.82, 2.24) is 15.1 Å². The fraction of sp³-hybridized carbons (Fsp3) is 0.667. The van der Waals surface area contributed by atoms with Crippen LogP contribution >= 0.6 is 11.3 Å². The van der Waals surface area contributed by atoms with E-state index in [2.05, 4.69) is 53.8 Å². The first-order valence-electron chi connectivity index (χ1n) is 5.80. The van der Waals surface area contributed by atoms with Gasteiger partial charge in [-0.3, -0.25) is 0 Å². The molecule has 1 saturated heterocycles. The zero-order valence-electron chi connectivity index (χ0n) is 10.3. The predicted octanol–water partition coefficient (Wildman–Crippen LogP) is 1.25. The fourth-order valence-electron chi connectivity index (χ4n) is 2.42. The molecule has 16 heavy (non-hydrogen) atoms. The van der Waals surface area contributed by atoms with E-state index in [1.165, 1.54) is 4.88 Å². The van der Waals surface area contributed by atoms with Gasteiger partial charge in [-0.05, 0) is 32.6 Å². The van der Waals surface area contributed by atoms with E-state index >= 15 is 0 Å². The van der Waals surface area contributed by atoms with Crippen LogP contribution in [0.25, 0.3) is 0 Å². The summed E-state index contributed by atoms with van der Waals surface area (Å²) < 4.78 is 0. The normalized spacial score (nSPS) is 24.9. The van der Waals surface area contributed by atoms with Crippen molar-refractivity contribution >= 4 is 11.3 Å². The van der Waals surface area contributed by atoms with Crippen LogP contribution in [0.15, 0.2) is 17.5 Å². The maximum atomic E-state index is 3.64. The standard InChI is InChI=1S/C12H21N3S/c1-14(2)12(11-5-4-8-16-11)10-9-15(3)7-6-13-10/h4-5,8,10,12-13H,6-7,9H2,1-3H3. The van der Waals surface area contributed by atoms with Gasteiger partial charge in [0.25, 0.3) is 0 Å². The maximum absolute atomic E-state index is 3.64. The van der Waals surface area contributed by atoms with E-state index in [-0.39, 0.29) is 0 Å². The number of nitrogens with zero attached hydrogens (tertiary/aromatic N) is 2. The van der Waals surface area contributed by atoms with E-state index in [4.69, 9.17) is 0 Å². The smallest absolute Gasteiger partial charge is 0.0603 e. The molecule has 2 heterocycles. The monoisotopic (exact) mass is 239 g/mol. The van der Waals surface area contributed by atoms with Gasteiger partial charge in [0.2, 0.25) is 0 Å². The van der Waals surface area contributed by atoms with Gasteiger partial charge in [-0.25, -0.2) is 0 Å². The van der Waals surface area contributed by atoms with Gasteiger partial charge >= 0.3 is 0 Å². The topological polar surface area (TPSA) is 18.5 Å². The van der Waals surface area contributed by atoms with Crippen molar-refractivity contribution in [2.75, 3.05) is 40.8 Å². The molecule has 0 saturated carbocycles. The first kappa shape index (κ1) is 12.0. The first-order chi connectivity index (χ1) is 7.68. The molecular weight excluding hydrogens is 218 g/mol. The number of hydrogen-bond donors (Lipinski definition) is 1. The summed E-state index contributed by atoms with van der Waals surface area (Å²) in [4.78, 5) is 6.19. The Morgan fingerprint density at radius 2 is 2.38 bits per heavy atom. The van der Waals surface area contributed by atoms with Crippen LogP contribution in [0.2, 0.25) is 0 Å². The molecule has 0 aliphatic carbocycles. The molecule has 0 aromatic carbocycles. The molecule has 1 aliphatic rings. The quantitative estimate of drug-likeness (QED) is 0.856. The summed E-state index contributed by atoms with van der Waals surface area (Å²) in [5.41, 5.74) is 0. The summed E-state index contributed by atoms with van der Waals surface area (Å²) in [6.45, 7) is 3.37. The van der Waals surface area contributed by atoms with Crippen LogP contribution in [0.4, 0.5) is 0 Å². The Balaban J connectivity index is 2.13. The van der Waals surface area contributed by atoms with Crippen LogP contribution in [0, 0.1) is 0 Å². The molecule has 1 aromatic rings. The van der Waals surface area contributed by atoms with E-state index in [1.807, 2.05) is 11.3 Å². The number of rotatable bonds is 3. The lowest BCUT2D eigenvalue weighted by molar-refractivity contribution is 0.156. The van der Waals surface area contributed by atoms with Crippen LogP contribution in [0.5, 0.6) is 0 Å². The molecule has 0 amide bonds. The van der Waals surface area contributed by atoms with Crippen molar-refractivity contribution in [3.8, 4) is 0 Å². The molecular formula is C12H21N3S. The second-order valence-electron chi connectivity index (χ2n) is 4.75. The molecule has 90 valence electrons. The molecule has 4 heteroatoms. The number of piperazine rings is 1. The molecule has 0 bridgehead atoms. The Morgan fingerprint density at radius 3 is 2.94 bits per heavy atom. The SMILES string of the molecule is CN1CCNC(C(c2cccs2)N(C)C)C1. The van der Waals surface area contributed by atoms with Gasteiger partial charge in [0.1, 0.15) is 0 Å². The van der Waals surface area contributed by atoms with E-state index in [0.717, 1.165) is 19.6 Å². The van der Waals surface area contributed by atoms with Gasteiger partial charge < -0.3 is 15.1 Å².